The Balaban J connectivity index is 1.83. The molecule has 0 unspecified atom stereocenters. The van der Waals surface area contributed by atoms with E-state index >= 15 is 0 Å². The smallest absolute Gasteiger partial charge is 0.253 e. The molecule has 0 aromatic heterocycles. The number of amides is 1. The zero-order valence-electron chi connectivity index (χ0n) is 12.8. The monoisotopic (exact) mass is 339 g/mol. The van der Waals surface area contributed by atoms with Gasteiger partial charge in [0.15, 0.2) is 0 Å². The summed E-state index contributed by atoms with van der Waals surface area (Å²) in [5.74, 6) is -0.169. The second kappa shape index (κ2) is 6.56. The van der Waals surface area contributed by atoms with Crippen molar-refractivity contribution in [2.45, 2.75) is 17.4 Å². The molecule has 7 nitrogen and oxygen atoms in total. The number of rotatable bonds is 3. The summed E-state index contributed by atoms with van der Waals surface area (Å²) in [5, 5.41) is 0. The van der Waals surface area contributed by atoms with Crippen LogP contribution in [0, 0.1) is 0 Å². The van der Waals surface area contributed by atoms with Crippen LogP contribution in [0.4, 0.5) is 0 Å². The van der Waals surface area contributed by atoms with Gasteiger partial charge in [0.25, 0.3) is 5.91 Å². The number of hydrogen-bond donors (Lipinski definition) is 1. The van der Waals surface area contributed by atoms with Crippen molar-refractivity contribution in [2.75, 3.05) is 39.4 Å². The van der Waals surface area contributed by atoms with E-state index in [1.165, 1.54) is 16.4 Å². The first-order valence-corrected chi connectivity index (χ1v) is 9.15. The highest BCUT2D eigenvalue weighted by Gasteiger charge is 2.28. The van der Waals surface area contributed by atoms with E-state index in [0.29, 0.717) is 45.0 Å². The maximum Gasteiger partial charge on any atom is 0.253 e. The molecule has 1 aromatic rings. The Labute approximate surface area is 136 Å². The predicted molar refractivity (Wildman–Crippen MR) is 84.5 cm³/mol. The zero-order valence-corrected chi connectivity index (χ0v) is 13.7. The summed E-state index contributed by atoms with van der Waals surface area (Å²) in [6, 6.07) is 6.23. The van der Waals surface area contributed by atoms with Gasteiger partial charge in [0.05, 0.1) is 18.1 Å². The van der Waals surface area contributed by atoms with Crippen molar-refractivity contribution in [1.29, 1.82) is 0 Å². The third kappa shape index (κ3) is 3.40. The molecule has 2 aliphatic rings. The fraction of sp³-hybridized carbons (Fsp3) is 0.533. The highest BCUT2D eigenvalue weighted by molar-refractivity contribution is 7.89. The van der Waals surface area contributed by atoms with Crippen LogP contribution in [0.1, 0.15) is 16.8 Å². The molecule has 2 aliphatic heterocycles. The van der Waals surface area contributed by atoms with E-state index in [9.17, 15) is 13.2 Å². The van der Waals surface area contributed by atoms with E-state index < -0.39 is 10.0 Å². The van der Waals surface area contributed by atoms with E-state index in [0.717, 1.165) is 6.42 Å². The van der Waals surface area contributed by atoms with Gasteiger partial charge in [-0.2, -0.15) is 4.31 Å². The number of ether oxygens (including phenoxy) is 1. The Morgan fingerprint density at radius 2 is 1.96 bits per heavy atom. The number of carbonyl (C=O) groups excluding carboxylic acids is 1. The normalized spacial score (nSPS) is 23.2. The summed E-state index contributed by atoms with van der Waals surface area (Å²) >= 11 is 0. The fourth-order valence-corrected chi connectivity index (χ4v) is 4.33. The molecule has 2 heterocycles. The molecule has 0 bridgehead atoms. The number of benzene rings is 1. The molecule has 2 N–H and O–H groups in total. The van der Waals surface area contributed by atoms with E-state index in [2.05, 4.69) is 0 Å². The van der Waals surface area contributed by atoms with Gasteiger partial charge >= 0.3 is 0 Å². The molecule has 8 heteroatoms. The molecular formula is C15H21N3O4S. The molecule has 126 valence electrons. The first kappa shape index (κ1) is 16.4. The van der Waals surface area contributed by atoms with Crippen LogP contribution in [0.5, 0.6) is 0 Å². The average molecular weight is 339 g/mol. The van der Waals surface area contributed by atoms with Gasteiger partial charge in [0.1, 0.15) is 0 Å². The van der Waals surface area contributed by atoms with E-state index in [1.807, 2.05) is 0 Å². The summed E-state index contributed by atoms with van der Waals surface area (Å²) in [4.78, 5) is 14.3. The van der Waals surface area contributed by atoms with Crippen molar-refractivity contribution in [3.8, 4) is 0 Å². The lowest BCUT2D eigenvalue weighted by atomic mass is 10.2. The van der Waals surface area contributed by atoms with Crippen LogP contribution < -0.4 is 5.73 Å². The van der Waals surface area contributed by atoms with Crippen LogP contribution in [0.3, 0.4) is 0 Å². The number of sulfonamides is 1. The van der Waals surface area contributed by atoms with Gasteiger partial charge in [-0.1, -0.05) is 6.07 Å². The molecule has 0 saturated carbocycles. The summed E-state index contributed by atoms with van der Waals surface area (Å²) < 4.78 is 31.9. The van der Waals surface area contributed by atoms with Crippen LogP contribution in [0.15, 0.2) is 29.2 Å². The third-order valence-electron chi connectivity index (χ3n) is 4.20. The van der Waals surface area contributed by atoms with Gasteiger partial charge in [-0.05, 0) is 24.6 Å². The van der Waals surface area contributed by atoms with Gasteiger partial charge < -0.3 is 15.4 Å². The van der Waals surface area contributed by atoms with E-state index in [1.54, 1.807) is 17.0 Å². The molecule has 1 aromatic carbocycles. The van der Waals surface area contributed by atoms with Crippen LogP contribution in [-0.4, -0.2) is 69.0 Å². The molecule has 2 fully saturated rings. The van der Waals surface area contributed by atoms with Crippen LogP contribution in [-0.2, 0) is 14.8 Å². The molecule has 23 heavy (non-hydrogen) atoms. The number of carbonyl (C=O) groups is 1. The van der Waals surface area contributed by atoms with Gasteiger partial charge in [0, 0.05) is 37.8 Å². The molecule has 0 radical (unpaired) electrons. The zero-order chi connectivity index (χ0) is 16.4. The minimum absolute atomic E-state index is 0.000727. The lowest BCUT2D eigenvalue weighted by Crippen LogP contribution is -2.40. The Bertz CT molecular complexity index is 686. The highest BCUT2D eigenvalue weighted by Crippen LogP contribution is 2.20. The number of nitrogens with zero attached hydrogens (tertiary/aromatic N) is 2. The van der Waals surface area contributed by atoms with Gasteiger partial charge in [-0.15, -0.1) is 0 Å². The van der Waals surface area contributed by atoms with Crippen LogP contribution >= 0.6 is 0 Å². The molecule has 1 amide bonds. The van der Waals surface area contributed by atoms with Crippen molar-refractivity contribution < 1.29 is 17.9 Å². The Kier molecular flexibility index (Phi) is 4.67. The van der Waals surface area contributed by atoms with Crippen LogP contribution in [0.2, 0.25) is 0 Å². The summed E-state index contributed by atoms with van der Waals surface area (Å²) in [6.07, 6.45) is 0.775. The first-order chi connectivity index (χ1) is 11.0. The third-order valence-corrected chi connectivity index (χ3v) is 6.10. The summed E-state index contributed by atoms with van der Waals surface area (Å²) in [7, 11) is -3.59. The fourth-order valence-electron chi connectivity index (χ4n) is 2.88. The SMILES string of the molecule is N[C@@H]1CCN(C(=O)c2cccc(S(=O)(=O)N3CCOCC3)c2)C1. The van der Waals surface area contributed by atoms with Gasteiger partial charge in [0.2, 0.25) is 10.0 Å². The molecule has 0 spiro atoms. The largest absolute Gasteiger partial charge is 0.379 e. The van der Waals surface area contributed by atoms with E-state index in [-0.39, 0.29) is 16.8 Å². The Morgan fingerprint density at radius 1 is 1.22 bits per heavy atom. The predicted octanol–water partition coefficient (Wildman–Crippen LogP) is -0.119. The summed E-state index contributed by atoms with van der Waals surface area (Å²) in [5.41, 5.74) is 6.21. The minimum Gasteiger partial charge on any atom is -0.379 e. The van der Waals surface area contributed by atoms with Crippen molar-refractivity contribution in [2.24, 2.45) is 5.73 Å². The Morgan fingerprint density at radius 3 is 2.61 bits per heavy atom. The average Bonchev–Trinajstić information content (AvgIpc) is 3.01. The van der Waals surface area contributed by atoms with Crippen LogP contribution in [0.25, 0.3) is 0 Å². The topological polar surface area (TPSA) is 92.9 Å². The second-order valence-corrected chi connectivity index (χ2v) is 7.78. The molecule has 2 saturated heterocycles. The van der Waals surface area contributed by atoms with Gasteiger partial charge in [-0.25, -0.2) is 8.42 Å². The van der Waals surface area contributed by atoms with Crippen molar-refractivity contribution in [3.05, 3.63) is 29.8 Å². The number of hydrogen-bond acceptors (Lipinski definition) is 5. The second-order valence-electron chi connectivity index (χ2n) is 5.84. The van der Waals surface area contributed by atoms with E-state index in [4.69, 9.17) is 10.5 Å². The standard InChI is InChI=1S/C15H21N3O4S/c16-13-4-5-17(11-13)15(19)12-2-1-3-14(10-12)23(20,21)18-6-8-22-9-7-18/h1-3,10,13H,4-9,11,16H2/t13-/m1/s1. The molecular weight excluding hydrogens is 318 g/mol. The minimum atomic E-state index is -3.59. The maximum atomic E-state index is 12.7. The number of likely N-dealkylation sites (tertiary alicyclic amines) is 1. The van der Waals surface area contributed by atoms with Gasteiger partial charge in [-0.3, -0.25) is 4.79 Å². The highest BCUT2D eigenvalue weighted by atomic mass is 32.2. The molecule has 3 rings (SSSR count). The van der Waals surface area contributed by atoms with Crippen molar-refractivity contribution in [1.82, 2.24) is 9.21 Å². The lowest BCUT2D eigenvalue weighted by Gasteiger charge is -2.26. The quantitative estimate of drug-likeness (QED) is 0.829. The maximum absolute atomic E-state index is 12.7. The molecule has 1 atom stereocenters. The lowest BCUT2D eigenvalue weighted by molar-refractivity contribution is 0.0730. The number of morpholine rings is 1. The first-order valence-electron chi connectivity index (χ1n) is 7.71. The molecule has 0 aliphatic carbocycles. The summed E-state index contributed by atoms with van der Waals surface area (Å²) in [6.45, 7) is 2.58. The van der Waals surface area contributed by atoms with Crippen molar-refractivity contribution >= 4 is 15.9 Å². The van der Waals surface area contributed by atoms with Crippen molar-refractivity contribution in [3.63, 3.8) is 0 Å². The Hall–Kier alpha value is -1.48. The number of nitrogens with two attached hydrogens (primary N) is 1.